The first-order chi connectivity index (χ1) is 25.7. The summed E-state index contributed by atoms with van der Waals surface area (Å²) in [4.78, 5) is 14.2. The first-order valence-corrected chi connectivity index (χ1v) is 17.9. The lowest BCUT2D eigenvalue weighted by atomic mass is 9.96. The van der Waals surface area contributed by atoms with Crippen LogP contribution in [0.4, 0.5) is 5.69 Å². The number of nitrogens with zero attached hydrogens (tertiary/aromatic N) is 3. The van der Waals surface area contributed by atoms with E-state index < -0.39 is 0 Å². The summed E-state index contributed by atoms with van der Waals surface area (Å²) in [5, 5.41) is 3.10. The third-order valence-corrected chi connectivity index (χ3v) is 10.9. The number of fused-ring (bicyclic) bond motifs is 6. The molecule has 0 spiro atoms. The second-order valence-electron chi connectivity index (χ2n) is 12.9. The molecule has 0 aliphatic heterocycles. The van der Waals surface area contributed by atoms with Crippen molar-refractivity contribution in [2.24, 2.45) is 0 Å². The van der Waals surface area contributed by atoms with E-state index in [1.54, 1.807) is 17.4 Å². The molecule has 0 aliphatic rings. The van der Waals surface area contributed by atoms with Crippen LogP contribution >= 0.6 is 11.3 Å². The molecule has 242 valence electrons. The fourth-order valence-electron chi connectivity index (χ4n) is 7.18. The lowest BCUT2D eigenvalue weighted by Gasteiger charge is -2.11. The Morgan fingerprint density at radius 1 is 0.500 bits per heavy atom. The lowest BCUT2D eigenvalue weighted by molar-refractivity contribution is 0.670. The molecule has 7 aromatic carbocycles. The van der Waals surface area contributed by atoms with Crippen molar-refractivity contribution in [2.45, 2.75) is 0 Å². The smallest absolute Gasteiger partial charge is 0.188 e. The lowest BCUT2D eigenvalue weighted by Crippen LogP contribution is -1.94. The van der Waals surface area contributed by atoms with Crippen LogP contribution in [0.25, 0.3) is 103 Å². The predicted molar refractivity (Wildman–Crippen MR) is 216 cm³/mol. The van der Waals surface area contributed by atoms with Gasteiger partial charge in [-0.15, -0.1) is 11.3 Å². The van der Waals surface area contributed by atoms with Gasteiger partial charge in [-0.1, -0.05) is 127 Å². The number of para-hydroxylation sites is 1. The van der Waals surface area contributed by atoms with Crippen LogP contribution in [0.3, 0.4) is 0 Å². The van der Waals surface area contributed by atoms with Crippen LogP contribution < -0.4 is 0 Å². The van der Waals surface area contributed by atoms with E-state index in [4.69, 9.17) is 21.0 Å². The van der Waals surface area contributed by atoms with Gasteiger partial charge in [0, 0.05) is 37.5 Å². The predicted octanol–water partition coefficient (Wildman–Crippen LogP) is 13.6. The van der Waals surface area contributed by atoms with Crippen molar-refractivity contribution in [1.82, 2.24) is 9.97 Å². The van der Waals surface area contributed by atoms with Crippen molar-refractivity contribution in [3.05, 3.63) is 175 Å². The number of hydrogen-bond donors (Lipinski definition) is 0. The highest BCUT2D eigenvalue weighted by Gasteiger charge is 2.18. The van der Waals surface area contributed by atoms with Crippen LogP contribution in [-0.4, -0.2) is 9.97 Å². The van der Waals surface area contributed by atoms with Gasteiger partial charge >= 0.3 is 0 Å². The Morgan fingerprint density at radius 3 is 1.96 bits per heavy atom. The standard InChI is InChI=1S/C47H27N3OS/c1-48-36-23-24-41-40(28-36)38-21-10-20-37(45(38)51-41)33-16-7-14-31(25-33)32-15-9-18-35(27-32)47-49-43(46-44(50-47)39-19-5-6-22-42(39)52-46)34-17-8-13-30(26-34)29-11-3-2-4-12-29/h2-28H. The van der Waals surface area contributed by atoms with E-state index in [1.165, 1.54) is 10.3 Å². The monoisotopic (exact) mass is 681 g/mol. The summed E-state index contributed by atoms with van der Waals surface area (Å²) in [5.74, 6) is 0.694. The molecule has 10 rings (SSSR count). The van der Waals surface area contributed by atoms with Gasteiger partial charge in [0.2, 0.25) is 0 Å². The SMILES string of the molecule is [C-]#[N+]c1ccc2oc3c(-c4cccc(-c5cccc(-c6nc(-c7cccc(-c8ccccc8)c7)c7sc8ccccc8c7n6)c5)c4)cccc3c2c1. The minimum Gasteiger partial charge on any atom is -0.456 e. The average Bonchev–Trinajstić information content (AvgIpc) is 3.79. The van der Waals surface area contributed by atoms with E-state index in [0.717, 1.165) is 82.2 Å². The number of thiophene rings is 1. The van der Waals surface area contributed by atoms with Crippen LogP contribution in [-0.2, 0) is 0 Å². The number of aromatic nitrogens is 2. The molecular weight excluding hydrogens is 655 g/mol. The second kappa shape index (κ2) is 12.2. The Hall–Kier alpha value is -6.87. The van der Waals surface area contributed by atoms with Crippen molar-refractivity contribution in [3.8, 4) is 56.0 Å². The summed E-state index contributed by atoms with van der Waals surface area (Å²) in [6, 6.07) is 56.5. The molecule has 0 saturated carbocycles. The molecule has 0 atom stereocenters. The number of hydrogen-bond acceptors (Lipinski definition) is 4. The van der Waals surface area contributed by atoms with Gasteiger partial charge in [0.1, 0.15) is 11.2 Å². The number of furan rings is 1. The molecule has 0 fully saturated rings. The number of rotatable bonds is 5. The summed E-state index contributed by atoms with van der Waals surface area (Å²) in [7, 11) is 0. The van der Waals surface area contributed by atoms with E-state index in [9.17, 15) is 0 Å². The van der Waals surface area contributed by atoms with Crippen molar-refractivity contribution in [2.75, 3.05) is 0 Å². The van der Waals surface area contributed by atoms with Gasteiger partial charge in [-0.2, -0.15) is 0 Å². The fraction of sp³-hybridized carbons (Fsp3) is 0. The summed E-state index contributed by atoms with van der Waals surface area (Å²) in [6.07, 6.45) is 0. The van der Waals surface area contributed by atoms with Gasteiger partial charge in [0.25, 0.3) is 0 Å². The molecule has 0 unspecified atom stereocenters. The zero-order chi connectivity index (χ0) is 34.6. The molecule has 3 heterocycles. The Morgan fingerprint density at radius 2 is 1.13 bits per heavy atom. The second-order valence-corrected chi connectivity index (χ2v) is 13.9. The quantitative estimate of drug-likeness (QED) is 0.170. The summed E-state index contributed by atoms with van der Waals surface area (Å²) < 4.78 is 8.66. The molecule has 5 heteroatoms. The van der Waals surface area contributed by atoms with Crippen molar-refractivity contribution in [3.63, 3.8) is 0 Å². The Labute approximate surface area is 303 Å². The summed E-state index contributed by atoms with van der Waals surface area (Å²) >= 11 is 1.75. The summed E-state index contributed by atoms with van der Waals surface area (Å²) in [6.45, 7) is 7.47. The van der Waals surface area contributed by atoms with Gasteiger partial charge in [0.05, 0.1) is 22.5 Å². The van der Waals surface area contributed by atoms with Crippen molar-refractivity contribution < 1.29 is 4.42 Å². The van der Waals surface area contributed by atoms with Crippen LogP contribution in [0.1, 0.15) is 0 Å². The van der Waals surface area contributed by atoms with Crippen LogP contribution in [0.2, 0.25) is 0 Å². The molecule has 4 nitrogen and oxygen atoms in total. The van der Waals surface area contributed by atoms with Crippen molar-refractivity contribution in [1.29, 1.82) is 0 Å². The maximum Gasteiger partial charge on any atom is 0.188 e. The minimum atomic E-state index is 0.602. The third kappa shape index (κ3) is 5.05. The van der Waals surface area contributed by atoms with Gasteiger partial charge in [-0.05, 0) is 64.2 Å². The maximum absolute atomic E-state index is 7.47. The average molecular weight is 682 g/mol. The van der Waals surface area contributed by atoms with E-state index in [-0.39, 0.29) is 0 Å². The highest BCUT2D eigenvalue weighted by Crippen LogP contribution is 2.41. The van der Waals surface area contributed by atoms with Crippen LogP contribution in [0, 0.1) is 6.57 Å². The molecule has 0 bridgehead atoms. The van der Waals surface area contributed by atoms with E-state index in [0.29, 0.717) is 11.5 Å². The molecule has 0 radical (unpaired) electrons. The van der Waals surface area contributed by atoms with Gasteiger partial charge < -0.3 is 4.42 Å². The Balaban J connectivity index is 1.09. The highest BCUT2D eigenvalue weighted by atomic mass is 32.1. The molecule has 52 heavy (non-hydrogen) atoms. The largest absolute Gasteiger partial charge is 0.456 e. The first-order valence-electron chi connectivity index (χ1n) is 17.1. The van der Waals surface area contributed by atoms with Crippen molar-refractivity contribution >= 4 is 59.3 Å². The zero-order valence-electron chi connectivity index (χ0n) is 27.7. The number of benzene rings is 7. The maximum atomic E-state index is 7.47. The van der Waals surface area contributed by atoms with E-state index in [1.807, 2.05) is 18.2 Å². The molecule has 0 saturated heterocycles. The van der Waals surface area contributed by atoms with E-state index >= 15 is 0 Å². The van der Waals surface area contributed by atoms with E-state index in [2.05, 4.69) is 144 Å². The van der Waals surface area contributed by atoms with Crippen LogP contribution in [0.15, 0.2) is 168 Å². The van der Waals surface area contributed by atoms with Gasteiger partial charge in [0.15, 0.2) is 11.5 Å². The highest BCUT2D eigenvalue weighted by molar-refractivity contribution is 7.26. The molecule has 0 amide bonds. The molecule has 0 N–H and O–H groups in total. The van der Waals surface area contributed by atoms with Gasteiger partial charge in [-0.3, -0.25) is 0 Å². The first kappa shape index (κ1) is 30.0. The van der Waals surface area contributed by atoms with Gasteiger partial charge in [-0.25, -0.2) is 14.8 Å². The normalized spacial score (nSPS) is 11.4. The topological polar surface area (TPSA) is 43.3 Å². The fourth-order valence-corrected chi connectivity index (χ4v) is 8.33. The molecule has 0 aliphatic carbocycles. The zero-order valence-corrected chi connectivity index (χ0v) is 28.6. The Bertz CT molecular complexity index is 3040. The minimum absolute atomic E-state index is 0.602. The van der Waals surface area contributed by atoms with Crippen LogP contribution in [0.5, 0.6) is 0 Å². The Kier molecular flexibility index (Phi) is 7.02. The third-order valence-electron chi connectivity index (χ3n) is 9.70. The molecule has 3 aromatic heterocycles. The summed E-state index contributed by atoms with van der Waals surface area (Å²) in [5.41, 5.74) is 12.7. The molecular formula is C47H27N3OS. The molecule has 10 aromatic rings.